The van der Waals surface area contributed by atoms with Crippen LogP contribution in [0.3, 0.4) is 0 Å². The number of hydrogen-bond acceptors (Lipinski definition) is 8. The maximum atomic E-state index is 13.1. The van der Waals surface area contributed by atoms with E-state index in [0.29, 0.717) is 37.6 Å². The van der Waals surface area contributed by atoms with E-state index in [2.05, 4.69) is 35.4 Å². The predicted molar refractivity (Wildman–Crippen MR) is 121 cm³/mol. The highest BCUT2D eigenvalue weighted by Crippen LogP contribution is 2.20. The molecule has 11 heteroatoms. The number of anilines is 1. The van der Waals surface area contributed by atoms with Gasteiger partial charge in [0.2, 0.25) is 0 Å². The predicted octanol–water partition coefficient (Wildman–Crippen LogP) is 1.53. The Labute approximate surface area is 190 Å². The summed E-state index contributed by atoms with van der Waals surface area (Å²) in [6.45, 7) is 8.49. The Bertz CT molecular complexity index is 1290. The van der Waals surface area contributed by atoms with Gasteiger partial charge < -0.3 is 9.80 Å². The molecule has 3 aromatic heterocycles. The molecule has 1 saturated heterocycles. The molecule has 5 rings (SSSR count). The molecule has 0 N–H and O–H groups in total. The summed E-state index contributed by atoms with van der Waals surface area (Å²) in [5.74, 6) is 2.35. The minimum Gasteiger partial charge on any atom is -0.353 e. The van der Waals surface area contributed by atoms with E-state index in [4.69, 9.17) is 0 Å². The summed E-state index contributed by atoms with van der Waals surface area (Å²) in [6, 6.07) is 9.31. The van der Waals surface area contributed by atoms with Crippen molar-refractivity contribution in [3.8, 4) is 11.5 Å². The summed E-state index contributed by atoms with van der Waals surface area (Å²) in [6.07, 6.45) is 3.29. The highest BCUT2D eigenvalue weighted by atomic mass is 16.2. The Morgan fingerprint density at radius 3 is 2.42 bits per heavy atom. The van der Waals surface area contributed by atoms with Gasteiger partial charge in [-0.15, -0.1) is 5.10 Å². The van der Waals surface area contributed by atoms with Crippen molar-refractivity contribution in [2.75, 3.05) is 31.1 Å². The van der Waals surface area contributed by atoms with E-state index in [0.717, 1.165) is 28.7 Å². The highest BCUT2D eigenvalue weighted by molar-refractivity contribution is 5.95. The number of aromatic nitrogens is 8. The van der Waals surface area contributed by atoms with Crippen molar-refractivity contribution in [2.24, 2.45) is 0 Å². The number of piperazine rings is 1. The Morgan fingerprint density at radius 1 is 0.939 bits per heavy atom. The molecule has 1 amide bonds. The second kappa shape index (κ2) is 8.41. The van der Waals surface area contributed by atoms with Crippen LogP contribution in [-0.2, 0) is 0 Å². The minimum absolute atomic E-state index is 0.00588. The lowest BCUT2D eigenvalue weighted by Gasteiger charge is -2.35. The van der Waals surface area contributed by atoms with Gasteiger partial charge in [-0.25, -0.2) is 19.6 Å². The first-order chi connectivity index (χ1) is 16.0. The van der Waals surface area contributed by atoms with Gasteiger partial charge in [0, 0.05) is 43.5 Å². The molecule has 33 heavy (non-hydrogen) atoms. The van der Waals surface area contributed by atoms with Crippen LogP contribution in [0.2, 0.25) is 0 Å². The van der Waals surface area contributed by atoms with Gasteiger partial charge in [-0.3, -0.25) is 9.36 Å². The standard InChI is InChI=1S/C22H24N10O/c1-15-16(2)31(13-23-15)21-12-20(25-17(3)26-21)29-7-9-30(10-8-29)22(33)18-5-4-6-19(11-18)32-14-24-27-28-32/h4-6,11-14H,7-10H2,1-3H3. The van der Waals surface area contributed by atoms with Gasteiger partial charge in [0.05, 0.1) is 11.4 Å². The summed E-state index contributed by atoms with van der Waals surface area (Å²) in [5.41, 5.74) is 3.39. The lowest BCUT2D eigenvalue weighted by atomic mass is 10.1. The fourth-order valence-electron chi connectivity index (χ4n) is 3.93. The molecule has 11 nitrogen and oxygen atoms in total. The molecule has 0 spiro atoms. The second-order valence-electron chi connectivity index (χ2n) is 8.00. The Balaban J connectivity index is 1.30. The zero-order chi connectivity index (χ0) is 22.9. The average Bonchev–Trinajstić information content (AvgIpc) is 3.49. The van der Waals surface area contributed by atoms with Crippen LogP contribution in [0.15, 0.2) is 43.0 Å². The van der Waals surface area contributed by atoms with Gasteiger partial charge in [-0.2, -0.15) is 0 Å². The molecule has 0 radical (unpaired) electrons. The van der Waals surface area contributed by atoms with Crippen molar-refractivity contribution < 1.29 is 4.79 Å². The maximum absolute atomic E-state index is 13.1. The van der Waals surface area contributed by atoms with Crippen molar-refractivity contribution in [2.45, 2.75) is 20.8 Å². The summed E-state index contributed by atoms with van der Waals surface area (Å²) in [5, 5.41) is 11.2. The smallest absolute Gasteiger partial charge is 0.254 e. The third-order valence-electron chi connectivity index (χ3n) is 5.91. The van der Waals surface area contributed by atoms with E-state index >= 15 is 0 Å². The Kier molecular flexibility index (Phi) is 5.29. The first-order valence-electron chi connectivity index (χ1n) is 10.7. The van der Waals surface area contributed by atoms with Crippen LogP contribution in [0.5, 0.6) is 0 Å². The van der Waals surface area contributed by atoms with E-state index in [1.165, 1.54) is 11.0 Å². The number of aryl methyl sites for hydroxylation is 2. The van der Waals surface area contributed by atoms with Gasteiger partial charge in [-0.1, -0.05) is 6.07 Å². The Hall–Kier alpha value is -4.15. The number of imidazole rings is 1. The van der Waals surface area contributed by atoms with Gasteiger partial charge in [0.25, 0.3) is 5.91 Å². The fraction of sp³-hybridized carbons (Fsp3) is 0.318. The summed E-state index contributed by atoms with van der Waals surface area (Å²) >= 11 is 0. The first kappa shape index (κ1) is 20.7. The second-order valence-corrected chi connectivity index (χ2v) is 8.00. The number of nitrogens with zero attached hydrogens (tertiary/aromatic N) is 10. The van der Waals surface area contributed by atoms with Gasteiger partial charge in [-0.05, 0) is 49.4 Å². The summed E-state index contributed by atoms with van der Waals surface area (Å²) in [7, 11) is 0. The number of amides is 1. The number of carbonyl (C=O) groups excluding carboxylic acids is 1. The molecule has 0 saturated carbocycles. The third kappa shape index (κ3) is 4.04. The highest BCUT2D eigenvalue weighted by Gasteiger charge is 2.24. The number of benzene rings is 1. The fourth-order valence-corrected chi connectivity index (χ4v) is 3.93. The largest absolute Gasteiger partial charge is 0.353 e. The van der Waals surface area contributed by atoms with E-state index in [1.54, 1.807) is 12.4 Å². The number of tetrazole rings is 1. The van der Waals surface area contributed by atoms with Crippen molar-refractivity contribution in [3.63, 3.8) is 0 Å². The molecule has 1 fully saturated rings. The molecule has 1 aromatic carbocycles. The molecule has 168 valence electrons. The van der Waals surface area contributed by atoms with Crippen molar-refractivity contribution in [3.05, 3.63) is 65.8 Å². The molecule has 4 aromatic rings. The zero-order valence-corrected chi connectivity index (χ0v) is 18.8. The van der Waals surface area contributed by atoms with Crippen LogP contribution in [0.4, 0.5) is 5.82 Å². The maximum Gasteiger partial charge on any atom is 0.254 e. The monoisotopic (exact) mass is 444 g/mol. The van der Waals surface area contributed by atoms with Crippen LogP contribution in [0, 0.1) is 20.8 Å². The molecule has 4 heterocycles. The molecular formula is C22H24N10O. The van der Waals surface area contributed by atoms with Crippen LogP contribution >= 0.6 is 0 Å². The number of hydrogen-bond donors (Lipinski definition) is 0. The molecular weight excluding hydrogens is 420 g/mol. The van der Waals surface area contributed by atoms with Crippen molar-refractivity contribution in [1.29, 1.82) is 0 Å². The van der Waals surface area contributed by atoms with Crippen molar-refractivity contribution >= 4 is 11.7 Å². The number of carbonyl (C=O) groups is 1. The summed E-state index contributed by atoms with van der Waals surface area (Å²) < 4.78 is 3.51. The molecule has 1 aliphatic rings. The molecule has 0 unspecified atom stereocenters. The lowest BCUT2D eigenvalue weighted by Crippen LogP contribution is -2.49. The quantitative estimate of drug-likeness (QED) is 0.466. The first-order valence-corrected chi connectivity index (χ1v) is 10.7. The van der Waals surface area contributed by atoms with E-state index < -0.39 is 0 Å². The van der Waals surface area contributed by atoms with Gasteiger partial charge in [0.15, 0.2) is 0 Å². The molecule has 0 atom stereocenters. The average molecular weight is 445 g/mol. The third-order valence-corrected chi connectivity index (χ3v) is 5.91. The van der Waals surface area contributed by atoms with Crippen LogP contribution in [0.1, 0.15) is 27.6 Å². The van der Waals surface area contributed by atoms with Crippen LogP contribution in [-0.4, -0.2) is 76.7 Å². The Morgan fingerprint density at radius 2 is 1.73 bits per heavy atom. The number of rotatable bonds is 4. The van der Waals surface area contributed by atoms with E-state index in [-0.39, 0.29) is 5.91 Å². The molecule has 1 aliphatic heterocycles. The van der Waals surface area contributed by atoms with Gasteiger partial charge in [0.1, 0.15) is 30.1 Å². The van der Waals surface area contributed by atoms with Gasteiger partial charge >= 0.3 is 0 Å². The lowest BCUT2D eigenvalue weighted by molar-refractivity contribution is 0.0746. The van der Waals surface area contributed by atoms with Crippen LogP contribution in [0.25, 0.3) is 11.5 Å². The molecule has 0 bridgehead atoms. The minimum atomic E-state index is -0.00588. The van der Waals surface area contributed by atoms with Crippen molar-refractivity contribution in [1.82, 2.24) is 44.6 Å². The topological polar surface area (TPSA) is 111 Å². The van der Waals surface area contributed by atoms with E-state index in [9.17, 15) is 4.79 Å². The molecule has 0 aliphatic carbocycles. The normalized spacial score (nSPS) is 14.0. The zero-order valence-electron chi connectivity index (χ0n) is 18.8. The van der Waals surface area contributed by atoms with Crippen LogP contribution < -0.4 is 4.90 Å². The summed E-state index contributed by atoms with van der Waals surface area (Å²) in [4.78, 5) is 30.8. The van der Waals surface area contributed by atoms with E-state index in [1.807, 2.05) is 54.5 Å². The SMILES string of the molecule is Cc1nc(N2CCN(C(=O)c3cccc(-n4cnnn4)c3)CC2)cc(-n2cnc(C)c2C)n1.